The van der Waals surface area contributed by atoms with Gasteiger partial charge in [-0.25, -0.2) is 0 Å². The first-order valence-electron chi connectivity index (χ1n) is 7.82. The minimum absolute atomic E-state index is 0.238. The molecule has 2 aliphatic carbocycles. The molecule has 1 saturated heterocycles. The fourth-order valence-electron chi connectivity index (χ4n) is 4.37. The van der Waals surface area contributed by atoms with Crippen LogP contribution in [0.4, 0.5) is 0 Å². The van der Waals surface area contributed by atoms with Gasteiger partial charge in [-0.2, -0.15) is 0 Å². The van der Waals surface area contributed by atoms with Gasteiger partial charge < -0.3 is 10.6 Å². The summed E-state index contributed by atoms with van der Waals surface area (Å²) in [4.78, 5) is 14.9. The van der Waals surface area contributed by atoms with Gasteiger partial charge in [0.25, 0.3) is 0 Å². The van der Waals surface area contributed by atoms with Gasteiger partial charge in [-0.3, -0.25) is 4.79 Å². The molecular formula is C15H26N2O. The molecule has 1 aliphatic heterocycles. The van der Waals surface area contributed by atoms with Crippen LogP contribution in [0.1, 0.15) is 57.8 Å². The molecule has 0 spiro atoms. The number of amides is 1. The maximum atomic E-state index is 12.6. The van der Waals surface area contributed by atoms with Crippen molar-refractivity contribution >= 4 is 5.91 Å². The van der Waals surface area contributed by atoms with Crippen LogP contribution >= 0.6 is 0 Å². The average molecular weight is 250 g/mol. The molecule has 3 atom stereocenters. The van der Waals surface area contributed by atoms with Gasteiger partial charge in [0, 0.05) is 24.5 Å². The Bertz CT molecular complexity index is 312. The zero-order valence-electron chi connectivity index (χ0n) is 11.3. The molecule has 0 radical (unpaired) electrons. The Labute approximate surface area is 110 Å². The Morgan fingerprint density at radius 3 is 2.44 bits per heavy atom. The number of carbonyl (C=O) groups is 1. The van der Waals surface area contributed by atoms with Crippen LogP contribution in [0.3, 0.4) is 0 Å². The smallest absolute Gasteiger partial charge is 0.225 e. The van der Waals surface area contributed by atoms with Crippen LogP contribution < -0.4 is 5.73 Å². The van der Waals surface area contributed by atoms with Crippen LogP contribution in [0.15, 0.2) is 0 Å². The Morgan fingerprint density at radius 2 is 1.78 bits per heavy atom. The summed E-state index contributed by atoms with van der Waals surface area (Å²) in [5.41, 5.74) is 5.95. The Balaban J connectivity index is 1.64. The van der Waals surface area contributed by atoms with Gasteiger partial charge in [-0.05, 0) is 50.9 Å². The molecule has 1 heterocycles. The minimum atomic E-state index is 0.238. The Kier molecular flexibility index (Phi) is 3.60. The van der Waals surface area contributed by atoms with Gasteiger partial charge in [-0.1, -0.05) is 12.8 Å². The first-order valence-corrected chi connectivity index (χ1v) is 7.82. The van der Waals surface area contributed by atoms with Crippen LogP contribution in [0.5, 0.6) is 0 Å². The predicted octanol–water partition coefficient (Wildman–Crippen LogP) is 2.29. The first kappa shape index (κ1) is 12.5. The highest BCUT2D eigenvalue weighted by atomic mass is 16.2. The largest absolute Gasteiger partial charge is 0.339 e. The average Bonchev–Trinajstić information content (AvgIpc) is 3.08. The first-order chi connectivity index (χ1) is 8.75. The van der Waals surface area contributed by atoms with E-state index in [4.69, 9.17) is 5.73 Å². The molecule has 3 nitrogen and oxygen atoms in total. The number of rotatable bonds is 2. The second-order valence-corrected chi connectivity index (χ2v) is 6.56. The van der Waals surface area contributed by atoms with E-state index in [-0.39, 0.29) is 12.0 Å². The third-order valence-corrected chi connectivity index (χ3v) is 5.35. The second-order valence-electron chi connectivity index (χ2n) is 6.56. The molecule has 3 fully saturated rings. The summed E-state index contributed by atoms with van der Waals surface area (Å²) in [7, 11) is 0. The number of likely N-dealkylation sites (tertiary alicyclic amines) is 1. The van der Waals surface area contributed by atoms with Crippen molar-refractivity contribution in [3.63, 3.8) is 0 Å². The molecule has 3 rings (SSSR count). The highest BCUT2D eigenvalue weighted by Gasteiger charge is 2.39. The third kappa shape index (κ3) is 2.29. The van der Waals surface area contributed by atoms with Crippen molar-refractivity contribution in [1.82, 2.24) is 4.90 Å². The number of nitrogens with zero attached hydrogens (tertiary/aromatic N) is 1. The van der Waals surface area contributed by atoms with E-state index in [2.05, 4.69) is 4.90 Å². The van der Waals surface area contributed by atoms with E-state index in [1.165, 1.54) is 38.5 Å². The summed E-state index contributed by atoms with van der Waals surface area (Å²) in [5, 5.41) is 0. The van der Waals surface area contributed by atoms with E-state index < -0.39 is 0 Å². The lowest BCUT2D eigenvalue weighted by Crippen LogP contribution is -2.42. The third-order valence-electron chi connectivity index (χ3n) is 5.35. The van der Waals surface area contributed by atoms with Crippen LogP contribution in [0.2, 0.25) is 0 Å². The summed E-state index contributed by atoms with van der Waals surface area (Å²) < 4.78 is 0. The number of hydrogen-bond acceptors (Lipinski definition) is 2. The number of hydrogen-bond donors (Lipinski definition) is 1. The van der Waals surface area contributed by atoms with Crippen molar-refractivity contribution in [2.75, 3.05) is 6.54 Å². The normalized spacial score (nSPS) is 37.6. The molecule has 0 bridgehead atoms. The topological polar surface area (TPSA) is 46.3 Å². The lowest BCUT2D eigenvalue weighted by molar-refractivity contribution is -0.137. The van der Waals surface area contributed by atoms with Gasteiger partial charge in [0.05, 0.1) is 0 Å². The maximum Gasteiger partial charge on any atom is 0.225 e. The summed E-state index contributed by atoms with van der Waals surface area (Å²) in [5.74, 6) is 1.46. The highest BCUT2D eigenvalue weighted by molar-refractivity contribution is 5.79. The molecule has 1 amide bonds. The van der Waals surface area contributed by atoms with Crippen molar-refractivity contribution in [1.29, 1.82) is 0 Å². The molecule has 18 heavy (non-hydrogen) atoms. The molecule has 2 N–H and O–H groups in total. The second kappa shape index (κ2) is 5.20. The fourth-order valence-corrected chi connectivity index (χ4v) is 4.37. The standard InChI is InChI=1S/C15H26N2O/c16-13-8-7-12(10-13)15(18)17-9-3-6-14(17)11-4-1-2-5-11/h11-14H,1-10,16H2. The SMILES string of the molecule is NC1CCC(C(=O)N2CCCC2C2CCCC2)C1. The van der Waals surface area contributed by atoms with E-state index in [9.17, 15) is 4.79 Å². The summed E-state index contributed by atoms with van der Waals surface area (Å²) in [6.45, 7) is 1.01. The van der Waals surface area contributed by atoms with Gasteiger partial charge >= 0.3 is 0 Å². The number of nitrogens with two attached hydrogens (primary N) is 1. The van der Waals surface area contributed by atoms with Crippen LogP contribution in [0.25, 0.3) is 0 Å². The molecule has 3 unspecified atom stereocenters. The van der Waals surface area contributed by atoms with Gasteiger partial charge in [0.1, 0.15) is 0 Å². The molecule has 3 heteroatoms. The highest BCUT2D eigenvalue weighted by Crippen LogP contribution is 2.37. The molecular weight excluding hydrogens is 224 g/mol. The molecule has 0 aromatic heterocycles. The lowest BCUT2D eigenvalue weighted by Gasteiger charge is -2.31. The van der Waals surface area contributed by atoms with Gasteiger partial charge in [-0.15, -0.1) is 0 Å². The van der Waals surface area contributed by atoms with E-state index in [0.29, 0.717) is 11.9 Å². The van der Waals surface area contributed by atoms with Gasteiger partial charge in [0.2, 0.25) is 5.91 Å². The lowest BCUT2D eigenvalue weighted by atomic mass is 9.95. The summed E-state index contributed by atoms with van der Waals surface area (Å²) in [6, 6.07) is 0.836. The summed E-state index contributed by atoms with van der Waals surface area (Å²) >= 11 is 0. The van der Waals surface area contributed by atoms with E-state index in [1.54, 1.807) is 0 Å². The molecule has 0 aromatic rings. The molecule has 0 aromatic carbocycles. The predicted molar refractivity (Wildman–Crippen MR) is 72.0 cm³/mol. The summed E-state index contributed by atoms with van der Waals surface area (Å²) in [6.07, 6.45) is 10.9. The zero-order chi connectivity index (χ0) is 12.5. The van der Waals surface area contributed by atoms with Crippen molar-refractivity contribution in [2.45, 2.75) is 69.9 Å². The molecule has 102 valence electrons. The van der Waals surface area contributed by atoms with E-state index in [0.717, 1.165) is 31.7 Å². The van der Waals surface area contributed by atoms with Crippen LogP contribution in [-0.4, -0.2) is 29.4 Å². The minimum Gasteiger partial charge on any atom is -0.339 e. The van der Waals surface area contributed by atoms with Crippen molar-refractivity contribution in [2.24, 2.45) is 17.6 Å². The van der Waals surface area contributed by atoms with Crippen molar-refractivity contribution < 1.29 is 4.79 Å². The number of carbonyl (C=O) groups excluding carboxylic acids is 1. The zero-order valence-corrected chi connectivity index (χ0v) is 11.3. The fraction of sp³-hybridized carbons (Fsp3) is 0.933. The van der Waals surface area contributed by atoms with Crippen LogP contribution in [-0.2, 0) is 4.79 Å². The Morgan fingerprint density at radius 1 is 1.00 bits per heavy atom. The monoisotopic (exact) mass is 250 g/mol. The molecule has 3 aliphatic rings. The quantitative estimate of drug-likeness (QED) is 0.817. The van der Waals surface area contributed by atoms with E-state index >= 15 is 0 Å². The van der Waals surface area contributed by atoms with Crippen LogP contribution in [0, 0.1) is 11.8 Å². The maximum absolute atomic E-state index is 12.6. The van der Waals surface area contributed by atoms with E-state index in [1.807, 2.05) is 0 Å². The Hall–Kier alpha value is -0.570. The van der Waals surface area contributed by atoms with Crippen molar-refractivity contribution in [3.05, 3.63) is 0 Å². The van der Waals surface area contributed by atoms with Gasteiger partial charge in [0.15, 0.2) is 0 Å². The molecule has 2 saturated carbocycles. The van der Waals surface area contributed by atoms with Crippen molar-refractivity contribution in [3.8, 4) is 0 Å².